The van der Waals surface area contributed by atoms with E-state index in [1.807, 2.05) is 67.6 Å². The van der Waals surface area contributed by atoms with E-state index in [0.29, 0.717) is 36.6 Å². The van der Waals surface area contributed by atoms with Gasteiger partial charge >= 0.3 is 12.1 Å². The summed E-state index contributed by atoms with van der Waals surface area (Å²) in [4.78, 5) is 13.2. The number of rotatable bonds is 13. The standard InChI is InChI=1S/C34H33F4NO3.ClH/c1-24(23-42-29-14-8-9-25(17-29)19-33(40)41)20-39(21-26-15-16-32(35)31(18-26)34(36,37)38)22-30(27-10-4-2-5-11-27)28-12-6-3-7-13-28;/h2-18,24,30H,19-23H2,1H3,(H,40,41);1H/t24-;/m1./s1. The van der Waals surface area contributed by atoms with E-state index in [1.54, 1.807) is 24.3 Å². The van der Waals surface area contributed by atoms with Crippen LogP contribution in [0.2, 0.25) is 0 Å². The van der Waals surface area contributed by atoms with Crippen LogP contribution in [0.25, 0.3) is 0 Å². The van der Waals surface area contributed by atoms with Crippen LogP contribution < -0.4 is 4.74 Å². The molecule has 0 aliphatic rings. The van der Waals surface area contributed by atoms with Crippen LogP contribution in [0.15, 0.2) is 103 Å². The number of carbonyl (C=O) groups is 1. The number of nitrogens with zero attached hydrogens (tertiary/aromatic N) is 1. The van der Waals surface area contributed by atoms with Gasteiger partial charge in [-0.1, -0.05) is 85.8 Å². The molecule has 0 aliphatic carbocycles. The maximum Gasteiger partial charge on any atom is 0.419 e. The molecule has 4 rings (SSSR count). The zero-order valence-electron chi connectivity index (χ0n) is 23.6. The van der Waals surface area contributed by atoms with Crippen molar-refractivity contribution >= 4 is 18.4 Å². The van der Waals surface area contributed by atoms with Gasteiger partial charge in [-0.15, -0.1) is 12.4 Å². The molecule has 228 valence electrons. The fraction of sp³-hybridized carbons (Fsp3) is 0.265. The minimum atomic E-state index is -4.79. The van der Waals surface area contributed by atoms with Crippen LogP contribution in [0.5, 0.6) is 5.75 Å². The monoisotopic (exact) mass is 615 g/mol. The molecule has 9 heteroatoms. The molecule has 0 aliphatic heterocycles. The predicted molar refractivity (Wildman–Crippen MR) is 161 cm³/mol. The summed E-state index contributed by atoms with van der Waals surface area (Å²) in [5, 5.41) is 9.08. The predicted octanol–water partition coefficient (Wildman–Crippen LogP) is 8.24. The number of hydrogen-bond donors (Lipinski definition) is 1. The van der Waals surface area contributed by atoms with Crippen molar-refractivity contribution in [1.82, 2.24) is 4.90 Å². The number of hydrogen-bond acceptors (Lipinski definition) is 3. The summed E-state index contributed by atoms with van der Waals surface area (Å²) >= 11 is 0. The number of ether oxygens (including phenoxy) is 1. The highest BCUT2D eigenvalue weighted by Crippen LogP contribution is 2.33. The van der Waals surface area contributed by atoms with Crippen LogP contribution in [0.4, 0.5) is 17.6 Å². The molecule has 1 N–H and O–H groups in total. The highest BCUT2D eigenvalue weighted by Gasteiger charge is 2.34. The van der Waals surface area contributed by atoms with Crippen LogP contribution in [-0.4, -0.2) is 35.7 Å². The van der Waals surface area contributed by atoms with Crippen molar-refractivity contribution < 1.29 is 32.2 Å². The molecule has 0 saturated carbocycles. The van der Waals surface area contributed by atoms with E-state index in [1.165, 1.54) is 6.07 Å². The Morgan fingerprint density at radius 1 is 0.837 bits per heavy atom. The summed E-state index contributed by atoms with van der Waals surface area (Å²) in [5.41, 5.74) is 1.85. The van der Waals surface area contributed by atoms with Gasteiger partial charge in [-0.2, -0.15) is 13.2 Å². The smallest absolute Gasteiger partial charge is 0.419 e. The Labute approximate surface area is 255 Å². The molecule has 1 atom stereocenters. The zero-order chi connectivity index (χ0) is 30.1. The minimum absolute atomic E-state index is 0. The van der Waals surface area contributed by atoms with Crippen molar-refractivity contribution in [3.8, 4) is 5.75 Å². The van der Waals surface area contributed by atoms with Crippen LogP contribution in [0.1, 0.15) is 40.7 Å². The van der Waals surface area contributed by atoms with Gasteiger partial charge in [0.25, 0.3) is 0 Å². The first-order valence-corrected chi connectivity index (χ1v) is 13.7. The summed E-state index contributed by atoms with van der Waals surface area (Å²) in [6, 6.07) is 29.9. The molecule has 0 fully saturated rings. The highest BCUT2D eigenvalue weighted by molar-refractivity contribution is 5.85. The van der Waals surface area contributed by atoms with Crippen LogP contribution >= 0.6 is 12.4 Å². The molecule has 0 heterocycles. The average Bonchev–Trinajstić information content (AvgIpc) is 2.96. The van der Waals surface area contributed by atoms with Gasteiger partial charge in [-0.05, 0) is 46.5 Å². The second-order valence-electron chi connectivity index (χ2n) is 10.5. The molecular weight excluding hydrogens is 582 g/mol. The molecule has 0 amide bonds. The van der Waals surface area contributed by atoms with Crippen molar-refractivity contribution in [3.63, 3.8) is 0 Å². The Bertz CT molecular complexity index is 1410. The lowest BCUT2D eigenvalue weighted by atomic mass is 9.90. The number of aliphatic carboxylic acids is 1. The summed E-state index contributed by atoms with van der Waals surface area (Å²) in [7, 11) is 0. The second kappa shape index (κ2) is 15.5. The number of carboxylic acids is 1. The fourth-order valence-corrected chi connectivity index (χ4v) is 5.03. The molecule has 0 aromatic heterocycles. The SMILES string of the molecule is C[C@@H](COc1cccc(CC(=O)O)c1)CN(Cc1ccc(F)c(C(F)(F)F)c1)CC(c1ccccc1)c1ccccc1.Cl. The lowest BCUT2D eigenvalue weighted by Gasteiger charge is -2.31. The quantitative estimate of drug-likeness (QED) is 0.154. The zero-order valence-corrected chi connectivity index (χ0v) is 24.5. The molecule has 0 unspecified atom stereocenters. The van der Waals surface area contributed by atoms with Gasteiger partial charge in [0.1, 0.15) is 11.6 Å². The van der Waals surface area contributed by atoms with Crippen LogP contribution in [0, 0.1) is 11.7 Å². The minimum Gasteiger partial charge on any atom is -0.493 e. The third-order valence-corrected chi connectivity index (χ3v) is 6.95. The van der Waals surface area contributed by atoms with Crippen molar-refractivity contribution in [1.29, 1.82) is 0 Å². The maximum absolute atomic E-state index is 14.0. The third kappa shape index (κ3) is 10.1. The largest absolute Gasteiger partial charge is 0.493 e. The van der Waals surface area contributed by atoms with E-state index in [9.17, 15) is 22.4 Å². The van der Waals surface area contributed by atoms with Gasteiger partial charge in [0.05, 0.1) is 18.6 Å². The number of halogens is 5. The fourth-order valence-electron chi connectivity index (χ4n) is 5.03. The lowest BCUT2D eigenvalue weighted by molar-refractivity contribution is -0.140. The number of alkyl halides is 3. The molecule has 0 radical (unpaired) electrons. The van der Waals surface area contributed by atoms with E-state index in [-0.39, 0.29) is 37.2 Å². The molecule has 4 nitrogen and oxygen atoms in total. The molecule has 0 bridgehead atoms. The molecule has 0 spiro atoms. The van der Waals surface area contributed by atoms with Crippen LogP contribution in [-0.2, 0) is 23.9 Å². The highest BCUT2D eigenvalue weighted by atomic mass is 35.5. The van der Waals surface area contributed by atoms with Crippen molar-refractivity contribution in [2.45, 2.75) is 32.0 Å². The summed E-state index contributed by atoms with van der Waals surface area (Å²) in [5.74, 6) is -1.78. The summed E-state index contributed by atoms with van der Waals surface area (Å²) in [6.07, 6.45) is -4.91. The second-order valence-corrected chi connectivity index (χ2v) is 10.5. The molecule has 4 aromatic rings. The van der Waals surface area contributed by atoms with Gasteiger partial charge in [-0.25, -0.2) is 4.39 Å². The Morgan fingerprint density at radius 3 is 2.05 bits per heavy atom. The average molecular weight is 616 g/mol. The van der Waals surface area contributed by atoms with Gasteiger partial charge in [0, 0.05) is 31.5 Å². The molecule has 4 aromatic carbocycles. The Morgan fingerprint density at radius 2 is 1.47 bits per heavy atom. The van der Waals surface area contributed by atoms with Crippen molar-refractivity contribution in [2.75, 3.05) is 19.7 Å². The van der Waals surface area contributed by atoms with E-state index in [2.05, 4.69) is 4.90 Å². The number of benzene rings is 4. The van der Waals surface area contributed by atoms with E-state index >= 15 is 0 Å². The number of carboxylic acid groups (broad SMARTS) is 1. The summed E-state index contributed by atoms with van der Waals surface area (Å²) < 4.78 is 60.5. The Kier molecular flexibility index (Phi) is 12.2. The first-order chi connectivity index (χ1) is 20.1. The van der Waals surface area contributed by atoms with E-state index < -0.39 is 23.5 Å². The van der Waals surface area contributed by atoms with Gasteiger partial charge < -0.3 is 9.84 Å². The molecule has 0 saturated heterocycles. The van der Waals surface area contributed by atoms with Crippen LogP contribution in [0.3, 0.4) is 0 Å². The summed E-state index contributed by atoms with van der Waals surface area (Å²) in [6.45, 7) is 3.47. The Hall–Kier alpha value is -3.88. The van der Waals surface area contributed by atoms with Crippen molar-refractivity contribution in [2.24, 2.45) is 5.92 Å². The third-order valence-electron chi connectivity index (χ3n) is 6.95. The topological polar surface area (TPSA) is 49.8 Å². The first kappa shape index (κ1) is 33.6. The van der Waals surface area contributed by atoms with Gasteiger partial charge in [-0.3, -0.25) is 9.69 Å². The lowest BCUT2D eigenvalue weighted by Crippen LogP contribution is -2.34. The molecule has 43 heavy (non-hydrogen) atoms. The normalized spacial score (nSPS) is 12.2. The first-order valence-electron chi connectivity index (χ1n) is 13.7. The van der Waals surface area contributed by atoms with E-state index in [0.717, 1.165) is 23.3 Å². The van der Waals surface area contributed by atoms with Gasteiger partial charge in [0.2, 0.25) is 0 Å². The molecular formula is C34H34ClF4NO3. The Balaban J connectivity index is 0.00000506. The van der Waals surface area contributed by atoms with Gasteiger partial charge in [0.15, 0.2) is 0 Å². The maximum atomic E-state index is 14.0. The van der Waals surface area contributed by atoms with E-state index in [4.69, 9.17) is 9.84 Å². The van der Waals surface area contributed by atoms with Crippen molar-refractivity contribution in [3.05, 3.63) is 137 Å².